The maximum atomic E-state index is 13.4. The van der Waals surface area contributed by atoms with Crippen LogP contribution in [0, 0.1) is 5.82 Å². The number of aliphatic imine (C=N–C) groups is 1. The average molecular weight is 267 g/mol. The number of nitrogens with zero attached hydrogens (tertiary/aromatic N) is 1. The minimum absolute atomic E-state index is 0.0779. The van der Waals surface area contributed by atoms with Gasteiger partial charge in [0, 0.05) is 0 Å². The van der Waals surface area contributed by atoms with Crippen molar-refractivity contribution < 1.29 is 23.5 Å². The van der Waals surface area contributed by atoms with Gasteiger partial charge in [0.25, 0.3) is 0 Å². The van der Waals surface area contributed by atoms with Crippen LogP contribution in [0.15, 0.2) is 29.3 Å². The van der Waals surface area contributed by atoms with Crippen LogP contribution in [0.2, 0.25) is 0 Å². The number of ether oxygens (including phenoxy) is 2. The number of halogens is 1. The molecule has 1 aromatic carbocycles. The summed E-state index contributed by atoms with van der Waals surface area (Å²) in [7, 11) is 0. The molecule has 0 fully saturated rings. The van der Waals surface area contributed by atoms with Crippen molar-refractivity contribution in [2.75, 3.05) is 13.2 Å². The topological polar surface area (TPSA) is 65.0 Å². The average Bonchev–Trinajstić information content (AvgIpc) is 2.38. The smallest absolute Gasteiger partial charge is 0.364 e. The molecule has 0 unspecified atom stereocenters. The van der Waals surface area contributed by atoms with E-state index in [9.17, 15) is 14.0 Å². The first-order valence-electron chi connectivity index (χ1n) is 5.77. The Hall–Kier alpha value is -2.24. The molecule has 0 radical (unpaired) electrons. The molecule has 1 aromatic rings. The minimum atomic E-state index is -0.941. The van der Waals surface area contributed by atoms with Gasteiger partial charge in [0.2, 0.25) is 5.71 Å². The summed E-state index contributed by atoms with van der Waals surface area (Å²) >= 11 is 0. The second-order valence-electron chi connectivity index (χ2n) is 3.35. The molecule has 0 spiro atoms. The van der Waals surface area contributed by atoms with E-state index < -0.39 is 23.5 Å². The molecule has 0 N–H and O–H groups in total. The van der Waals surface area contributed by atoms with Crippen molar-refractivity contribution in [3.63, 3.8) is 0 Å². The number of para-hydroxylation sites is 1. The van der Waals surface area contributed by atoms with Gasteiger partial charge < -0.3 is 9.47 Å². The van der Waals surface area contributed by atoms with Gasteiger partial charge in [-0.1, -0.05) is 12.1 Å². The molecule has 19 heavy (non-hydrogen) atoms. The summed E-state index contributed by atoms with van der Waals surface area (Å²) in [4.78, 5) is 26.9. The molecule has 6 heteroatoms. The Morgan fingerprint density at radius 2 is 1.63 bits per heavy atom. The predicted molar refractivity (Wildman–Crippen MR) is 66.8 cm³/mol. The molecular formula is C13H14FNO4. The Labute approximate surface area is 110 Å². The van der Waals surface area contributed by atoms with Gasteiger partial charge in [0.05, 0.1) is 18.9 Å². The summed E-state index contributed by atoms with van der Waals surface area (Å²) < 4.78 is 22.8. The number of hydrogen-bond donors (Lipinski definition) is 0. The molecule has 5 nitrogen and oxygen atoms in total. The van der Waals surface area contributed by atoms with Crippen molar-refractivity contribution in [2.45, 2.75) is 13.8 Å². The number of benzene rings is 1. The minimum Gasteiger partial charge on any atom is -0.461 e. The van der Waals surface area contributed by atoms with Gasteiger partial charge in [0.15, 0.2) is 0 Å². The SMILES string of the molecule is CCOC(=O)C(=Nc1ccccc1F)C(=O)OCC. The van der Waals surface area contributed by atoms with E-state index in [1.54, 1.807) is 13.8 Å². The zero-order chi connectivity index (χ0) is 14.3. The summed E-state index contributed by atoms with van der Waals surface area (Å²) in [5.41, 5.74) is -0.701. The van der Waals surface area contributed by atoms with Gasteiger partial charge in [-0.15, -0.1) is 0 Å². The summed E-state index contributed by atoms with van der Waals surface area (Å²) in [5, 5.41) is 0. The van der Waals surface area contributed by atoms with E-state index in [1.807, 2.05) is 0 Å². The second-order valence-corrected chi connectivity index (χ2v) is 3.35. The largest absolute Gasteiger partial charge is 0.461 e. The summed E-state index contributed by atoms with van der Waals surface area (Å²) in [6.45, 7) is 3.33. The fourth-order valence-corrected chi connectivity index (χ4v) is 1.24. The lowest BCUT2D eigenvalue weighted by Crippen LogP contribution is -2.28. The molecule has 0 saturated carbocycles. The maximum absolute atomic E-state index is 13.4. The fraction of sp³-hybridized carbons (Fsp3) is 0.308. The Morgan fingerprint density at radius 3 is 2.11 bits per heavy atom. The van der Waals surface area contributed by atoms with Crippen LogP contribution >= 0.6 is 0 Å². The molecule has 0 saturated heterocycles. The molecule has 0 amide bonds. The first-order valence-corrected chi connectivity index (χ1v) is 5.77. The normalized spacial score (nSPS) is 9.63. The van der Waals surface area contributed by atoms with E-state index >= 15 is 0 Å². The highest BCUT2D eigenvalue weighted by Gasteiger charge is 2.23. The van der Waals surface area contributed by atoms with Crippen LogP contribution in [0.4, 0.5) is 10.1 Å². The molecule has 0 bridgehead atoms. The highest BCUT2D eigenvalue weighted by Crippen LogP contribution is 2.17. The molecule has 0 atom stereocenters. The van der Waals surface area contributed by atoms with Crippen molar-refractivity contribution in [1.82, 2.24) is 0 Å². The molecule has 0 aliphatic carbocycles. The number of hydrogen-bond acceptors (Lipinski definition) is 5. The van der Waals surface area contributed by atoms with Gasteiger partial charge in [0.1, 0.15) is 5.82 Å². The lowest BCUT2D eigenvalue weighted by molar-refractivity contribution is -0.140. The molecule has 0 heterocycles. The Balaban J connectivity index is 3.12. The van der Waals surface area contributed by atoms with Crippen molar-refractivity contribution in [2.24, 2.45) is 4.99 Å². The van der Waals surface area contributed by atoms with Crippen LogP contribution in [0.1, 0.15) is 13.8 Å². The molecule has 0 aliphatic heterocycles. The van der Waals surface area contributed by atoms with Crippen molar-refractivity contribution in [1.29, 1.82) is 0 Å². The predicted octanol–water partition coefficient (Wildman–Crippen LogP) is 2.02. The van der Waals surface area contributed by atoms with Crippen LogP contribution in [0.3, 0.4) is 0 Å². The van der Waals surface area contributed by atoms with Crippen molar-refractivity contribution in [3.05, 3.63) is 30.1 Å². The fourth-order valence-electron chi connectivity index (χ4n) is 1.24. The van der Waals surface area contributed by atoms with Crippen LogP contribution in [0.25, 0.3) is 0 Å². The zero-order valence-corrected chi connectivity index (χ0v) is 10.7. The van der Waals surface area contributed by atoms with Gasteiger partial charge in [-0.2, -0.15) is 0 Å². The van der Waals surface area contributed by atoms with E-state index in [-0.39, 0.29) is 18.9 Å². The first kappa shape index (κ1) is 14.8. The molecule has 102 valence electrons. The highest BCUT2D eigenvalue weighted by atomic mass is 19.1. The second kappa shape index (κ2) is 7.25. The quantitative estimate of drug-likeness (QED) is 0.465. The van der Waals surface area contributed by atoms with E-state index in [0.29, 0.717) is 0 Å². The summed E-state index contributed by atoms with van der Waals surface area (Å²) in [6, 6.07) is 5.53. The van der Waals surface area contributed by atoms with Gasteiger partial charge in [-0.25, -0.2) is 19.0 Å². The van der Waals surface area contributed by atoms with Crippen molar-refractivity contribution in [3.8, 4) is 0 Å². The lowest BCUT2D eigenvalue weighted by Gasteiger charge is -2.05. The van der Waals surface area contributed by atoms with Crippen LogP contribution in [-0.4, -0.2) is 30.9 Å². The van der Waals surface area contributed by atoms with E-state index in [0.717, 1.165) is 0 Å². The van der Waals surface area contributed by atoms with E-state index in [4.69, 9.17) is 9.47 Å². The summed E-state index contributed by atoms with van der Waals surface area (Å²) in [6.07, 6.45) is 0. The lowest BCUT2D eigenvalue weighted by atomic mass is 10.3. The number of esters is 2. The van der Waals surface area contributed by atoms with E-state index in [2.05, 4.69) is 4.99 Å². The Bertz CT molecular complexity index is 479. The number of carbonyl (C=O) groups excluding carboxylic acids is 2. The first-order chi connectivity index (χ1) is 9.10. The summed E-state index contributed by atoms with van der Waals surface area (Å²) in [5.74, 6) is -2.53. The highest BCUT2D eigenvalue weighted by molar-refractivity contribution is 6.63. The number of rotatable bonds is 5. The third-order valence-corrected chi connectivity index (χ3v) is 2.02. The van der Waals surface area contributed by atoms with Crippen LogP contribution < -0.4 is 0 Å². The molecule has 1 rings (SSSR count). The molecule has 0 aliphatic rings. The van der Waals surface area contributed by atoms with E-state index in [1.165, 1.54) is 24.3 Å². The van der Waals surface area contributed by atoms with Crippen LogP contribution in [-0.2, 0) is 19.1 Å². The molecular weight excluding hydrogens is 253 g/mol. The van der Waals surface area contributed by atoms with Gasteiger partial charge in [-0.3, -0.25) is 0 Å². The zero-order valence-electron chi connectivity index (χ0n) is 10.7. The third-order valence-electron chi connectivity index (χ3n) is 2.02. The Morgan fingerprint density at radius 1 is 1.11 bits per heavy atom. The number of carbonyl (C=O) groups is 2. The maximum Gasteiger partial charge on any atom is 0.364 e. The van der Waals surface area contributed by atoms with Crippen LogP contribution in [0.5, 0.6) is 0 Å². The van der Waals surface area contributed by atoms with Gasteiger partial charge in [-0.05, 0) is 26.0 Å². The third kappa shape index (κ3) is 4.17. The molecule has 0 aromatic heterocycles. The standard InChI is InChI=1S/C13H14FNO4/c1-3-18-12(16)11(13(17)19-4-2)15-10-8-6-5-7-9(10)14/h5-8H,3-4H2,1-2H3. The van der Waals surface area contributed by atoms with Crippen molar-refractivity contribution >= 4 is 23.3 Å². The Kier molecular flexibility index (Phi) is 5.66. The van der Waals surface area contributed by atoms with Gasteiger partial charge >= 0.3 is 11.9 Å². The monoisotopic (exact) mass is 267 g/mol.